The summed E-state index contributed by atoms with van der Waals surface area (Å²) in [5, 5.41) is 9.18. The molecule has 1 amide bonds. The van der Waals surface area contributed by atoms with Gasteiger partial charge in [-0.25, -0.2) is 0 Å². The van der Waals surface area contributed by atoms with Crippen molar-refractivity contribution >= 4 is 29.2 Å². The van der Waals surface area contributed by atoms with Gasteiger partial charge in [0.05, 0.1) is 0 Å². The SMILES string of the molecule is CCN(C(=O)CCCCCC(=O)O)c1ccc(Cl)cc1. The molecule has 0 atom stereocenters. The lowest BCUT2D eigenvalue weighted by molar-refractivity contribution is -0.137. The minimum absolute atomic E-state index is 0.0603. The summed E-state index contributed by atoms with van der Waals surface area (Å²) < 4.78 is 0. The molecule has 0 radical (unpaired) electrons. The molecule has 0 bridgehead atoms. The number of carbonyl (C=O) groups excluding carboxylic acids is 1. The molecule has 0 saturated carbocycles. The highest BCUT2D eigenvalue weighted by Crippen LogP contribution is 2.19. The maximum absolute atomic E-state index is 12.1. The standard InChI is InChI=1S/C15H20ClNO3/c1-2-17(13-10-8-12(16)9-11-13)14(18)6-4-3-5-7-15(19)20/h8-11H,2-7H2,1H3,(H,19,20). The van der Waals surface area contributed by atoms with E-state index in [1.54, 1.807) is 17.0 Å². The quantitative estimate of drug-likeness (QED) is 0.744. The smallest absolute Gasteiger partial charge is 0.303 e. The number of rotatable bonds is 8. The van der Waals surface area contributed by atoms with E-state index in [9.17, 15) is 9.59 Å². The number of unbranched alkanes of at least 4 members (excludes halogenated alkanes) is 2. The van der Waals surface area contributed by atoms with Crippen LogP contribution in [0.15, 0.2) is 24.3 Å². The van der Waals surface area contributed by atoms with Crippen LogP contribution in [0.3, 0.4) is 0 Å². The molecule has 0 aliphatic rings. The van der Waals surface area contributed by atoms with Crippen LogP contribution in [-0.2, 0) is 9.59 Å². The highest BCUT2D eigenvalue weighted by atomic mass is 35.5. The van der Waals surface area contributed by atoms with Crippen LogP contribution in [0.4, 0.5) is 5.69 Å². The molecule has 0 aromatic heterocycles. The molecule has 1 aromatic rings. The fraction of sp³-hybridized carbons (Fsp3) is 0.467. The average molecular weight is 298 g/mol. The summed E-state index contributed by atoms with van der Waals surface area (Å²) in [4.78, 5) is 24.2. The Labute approximate surface area is 124 Å². The highest BCUT2D eigenvalue weighted by molar-refractivity contribution is 6.30. The number of anilines is 1. The van der Waals surface area contributed by atoms with E-state index in [0.29, 0.717) is 24.4 Å². The number of nitrogens with zero attached hydrogens (tertiary/aromatic N) is 1. The Kier molecular flexibility index (Phi) is 7.09. The van der Waals surface area contributed by atoms with Gasteiger partial charge in [-0.2, -0.15) is 0 Å². The van der Waals surface area contributed by atoms with Crippen LogP contribution < -0.4 is 4.90 Å². The van der Waals surface area contributed by atoms with Gasteiger partial charge in [0.25, 0.3) is 0 Å². The van der Waals surface area contributed by atoms with Gasteiger partial charge in [-0.15, -0.1) is 0 Å². The Balaban J connectivity index is 2.43. The average Bonchev–Trinajstić information content (AvgIpc) is 2.41. The lowest BCUT2D eigenvalue weighted by Gasteiger charge is -2.21. The van der Waals surface area contributed by atoms with Crippen molar-refractivity contribution in [3.05, 3.63) is 29.3 Å². The normalized spacial score (nSPS) is 10.3. The number of hydrogen-bond acceptors (Lipinski definition) is 2. The number of hydrogen-bond donors (Lipinski definition) is 1. The number of carboxylic acids is 1. The molecule has 1 rings (SSSR count). The highest BCUT2D eigenvalue weighted by Gasteiger charge is 2.13. The minimum Gasteiger partial charge on any atom is -0.481 e. The molecule has 1 N–H and O–H groups in total. The van der Waals surface area contributed by atoms with Gasteiger partial charge in [0, 0.05) is 30.1 Å². The van der Waals surface area contributed by atoms with Crippen LogP contribution in [0, 0.1) is 0 Å². The number of carboxylic acid groups (broad SMARTS) is 1. The second kappa shape index (κ2) is 8.59. The molecule has 0 fully saturated rings. The number of halogens is 1. The van der Waals surface area contributed by atoms with Crippen LogP contribution in [0.25, 0.3) is 0 Å². The predicted molar refractivity (Wildman–Crippen MR) is 80.2 cm³/mol. The topological polar surface area (TPSA) is 57.6 Å². The van der Waals surface area contributed by atoms with Gasteiger partial charge in [-0.1, -0.05) is 18.0 Å². The van der Waals surface area contributed by atoms with Gasteiger partial charge in [0.15, 0.2) is 0 Å². The first-order valence-corrected chi connectivity index (χ1v) is 7.20. The van der Waals surface area contributed by atoms with Crippen molar-refractivity contribution in [2.24, 2.45) is 0 Å². The molecule has 5 heteroatoms. The third-order valence-corrected chi connectivity index (χ3v) is 3.29. The first-order chi connectivity index (χ1) is 9.54. The van der Waals surface area contributed by atoms with Crippen molar-refractivity contribution in [1.29, 1.82) is 0 Å². The van der Waals surface area contributed by atoms with Crippen molar-refractivity contribution in [2.75, 3.05) is 11.4 Å². The Morgan fingerprint density at radius 2 is 1.70 bits per heavy atom. The van der Waals surface area contributed by atoms with Crippen molar-refractivity contribution in [2.45, 2.75) is 39.0 Å². The van der Waals surface area contributed by atoms with Crippen molar-refractivity contribution in [3.63, 3.8) is 0 Å². The molecule has 0 aliphatic heterocycles. The predicted octanol–water partition coefficient (Wildman–Crippen LogP) is 3.73. The van der Waals surface area contributed by atoms with E-state index in [1.165, 1.54) is 0 Å². The van der Waals surface area contributed by atoms with Crippen LogP contribution in [0.5, 0.6) is 0 Å². The Hall–Kier alpha value is -1.55. The summed E-state index contributed by atoms with van der Waals surface area (Å²) in [6.45, 7) is 2.53. The zero-order valence-electron chi connectivity index (χ0n) is 11.6. The molecule has 0 spiro atoms. The molecular formula is C15H20ClNO3. The van der Waals surface area contributed by atoms with Crippen LogP contribution in [-0.4, -0.2) is 23.5 Å². The lowest BCUT2D eigenvalue weighted by Crippen LogP contribution is -2.30. The summed E-state index contributed by atoms with van der Waals surface area (Å²) in [5.41, 5.74) is 0.840. The maximum Gasteiger partial charge on any atom is 0.303 e. The molecular weight excluding hydrogens is 278 g/mol. The van der Waals surface area contributed by atoms with Gasteiger partial charge in [-0.05, 0) is 44.0 Å². The van der Waals surface area contributed by atoms with E-state index in [-0.39, 0.29) is 12.3 Å². The summed E-state index contributed by atoms with van der Waals surface area (Å²) >= 11 is 5.83. The molecule has 0 saturated heterocycles. The maximum atomic E-state index is 12.1. The second-order valence-electron chi connectivity index (χ2n) is 4.57. The van der Waals surface area contributed by atoms with E-state index in [0.717, 1.165) is 18.5 Å². The summed E-state index contributed by atoms with van der Waals surface area (Å²) in [5.74, 6) is -0.724. The number of carbonyl (C=O) groups is 2. The fourth-order valence-electron chi connectivity index (χ4n) is 1.99. The van der Waals surface area contributed by atoms with E-state index < -0.39 is 5.97 Å². The van der Waals surface area contributed by atoms with Crippen LogP contribution in [0.2, 0.25) is 5.02 Å². The Bertz CT molecular complexity index is 445. The van der Waals surface area contributed by atoms with Crippen LogP contribution >= 0.6 is 11.6 Å². The molecule has 110 valence electrons. The van der Waals surface area contributed by atoms with E-state index in [2.05, 4.69) is 0 Å². The summed E-state index contributed by atoms with van der Waals surface area (Å²) in [6, 6.07) is 7.18. The summed E-state index contributed by atoms with van der Waals surface area (Å²) in [7, 11) is 0. The van der Waals surface area contributed by atoms with Gasteiger partial charge in [0.2, 0.25) is 5.91 Å². The number of aliphatic carboxylic acids is 1. The van der Waals surface area contributed by atoms with Crippen molar-refractivity contribution in [1.82, 2.24) is 0 Å². The van der Waals surface area contributed by atoms with Gasteiger partial charge in [-0.3, -0.25) is 9.59 Å². The van der Waals surface area contributed by atoms with Gasteiger partial charge >= 0.3 is 5.97 Å². The zero-order chi connectivity index (χ0) is 15.0. The first-order valence-electron chi connectivity index (χ1n) is 6.82. The second-order valence-corrected chi connectivity index (χ2v) is 5.01. The van der Waals surface area contributed by atoms with Gasteiger partial charge < -0.3 is 10.0 Å². The van der Waals surface area contributed by atoms with Gasteiger partial charge in [0.1, 0.15) is 0 Å². The minimum atomic E-state index is -0.785. The number of amides is 1. The molecule has 4 nitrogen and oxygen atoms in total. The first kappa shape index (κ1) is 16.5. The Morgan fingerprint density at radius 1 is 1.10 bits per heavy atom. The van der Waals surface area contributed by atoms with Crippen molar-refractivity contribution in [3.8, 4) is 0 Å². The Morgan fingerprint density at radius 3 is 2.25 bits per heavy atom. The third kappa shape index (κ3) is 5.61. The molecule has 0 aliphatic carbocycles. The largest absolute Gasteiger partial charge is 0.481 e. The fourth-order valence-corrected chi connectivity index (χ4v) is 2.11. The molecule has 0 unspecified atom stereocenters. The van der Waals surface area contributed by atoms with Crippen molar-refractivity contribution < 1.29 is 14.7 Å². The number of benzene rings is 1. The van der Waals surface area contributed by atoms with E-state index in [4.69, 9.17) is 16.7 Å². The monoisotopic (exact) mass is 297 g/mol. The molecule has 0 heterocycles. The van der Waals surface area contributed by atoms with E-state index in [1.807, 2.05) is 19.1 Å². The van der Waals surface area contributed by atoms with Crippen LogP contribution in [0.1, 0.15) is 39.0 Å². The molecule has 20 heavy (non-hydrogen) atoms. The zero-order valence-corrected chi connectivity index (χ0v) is 12.4. The van der Waals surface area contributed by atoms with E-state index >= 15 is 0 Å². The lowest BCUT2D eigenvalue weighted by atomic mass is 10.1. The third-order valence-electron chi connectivity index (χ3n) is 3.04. The summed E-state index contributed by atoms with van der Waals surface area (Å²) in [6.07, 6.45) is 2.71. The molecule has 1 aromatic carbocycles.